The Morgan fingerprint density at radius 3 is 2.39 bits per heavy atom. The number of halogens is 1. The third-order valence-electron chi connectivity index (χ3n) is 5.84. The van der Waals surface area contributed by atoms with Crippen molar-refractivity contribution in [3.63, 3.8) is 0 Å². The lowest BCUT2D eigenvalue weighted by atomic mass is 9.85. The van der Waals surface area contributed by atoms with Crippen LogP contribution >= 0.6 is 11.8 Å². The molecule has 0 saturated heterocycles. The molecule has 154 valence electrons. The van der Waals surface area contributed by atoms with Crippen molar-refractivity contribution in [3.8, 4) is 0 Å². The van der Waals surface area contributed by atoms with Crippen molar-refractivity contribution in [2.24, 2.45) is 13.0 Å². The van der Waals surface area contributed by atoms with Gasteiger partial charge in [-0.25, -0.2) is 4.57 Å². The minimum atomic E-state index is 0. The molecule has 0 N–H and O–H groups in total. The summed E-state index contributed by atoms with van der Waals surface area (Å²) in [6.45, 7) is 1.09. The number of aromatic nitrogens is 1. The van der Waals surface area contributed by atoms with Crippen LogP contribution in [0.3, 0.4) is 0 Å². The van der Waals surface area contributed by atoms with Crippen molar-refractivity contribution < 1.29 is 28.5 Å². The molecule has 2 aromatic rings. The van der Waals surface area contributed by atoms with Gasteiger partial charge in [0.2, 0.25) is 0 Å². The first-order valence-electron chi connectivity index (χ1n) is 10.6. The average Bonchev–Trinajstić information content (AvgIpc) is 2.71. The highest BCUT2D eigenvalue weighted by Gasteiger charge is 2.14. The number of aryl methyl sites for hydroxylation is 1. The van der Waals surface area contributed by atoms with Crippen molar-refractivity contribution in [3.05, 3.63) is 48.8 Å². The summed E-state index contributed by atoms with van der Waals surface area (Å²) in [7, 11) is 2.10. The van der Waals surface area contributed by atoms with E-state index < -0.39 is 0 Å². The van der Waals surface area contributed by atoms with Gasteiger partial charge in [0, 0.05) is 23.2 Å². The second-order valence-electron chi connectivity index (χ2n) is 7.93. The molecule has 0 aliphatic heterocycles. The van der Waals surface area contributed by atoms with Crippen molar-refractivity contribution >= 4 is 23.1 Å². The van der Waals surface area contributed by atoms with Crippen LogP contribution in [0.1, 0.15) is 57.8 Å². The molecule has 1 aliphatic rings. The van der Waals surface area contributed by atoms with Crippen LogP contribution in [-0.2, 0) is 7.05 Å². The topological polar surface area (TPSA) is 7.12 Å². The highest BCUT2D eigenvalue weighted by Crippen LogP contribution is 2.29. The molecule has 28 heavy (non-hydrogen) atoms. The molecule has 0 radical (unpaired) electrons. The molecule has 2 nitrogen and oxygen atoms in total. The summed E-state index contributed by atoms with van der Waals surface area (Å²) in [6.07, 6.45) is 19.3. The zero-order valence-corrected chi connectivity index (χ0v) is 20.4. The highest BCUT2D eigenvalue weighted by atomic mass is 127. The number of pyridine rings is 1. The van der Waals surface area contributed by atoms with Crippen molar-refractivity contribution in [2.75, 3.05) is 17.7 Å². The lowest BCUT2D eigenvalue weighted by Crippen LogP contribution is -3.00. The standard InChI is InChI=1S/C24H35N2S.HI/c1-25-18-9-13-23(20-25)26(22-14-16-24(27-2)17-15-22)19-8-4-7-12-21-10-5-3-6-11-21;/h9,13-18,20-21H,3-8,10-12,19H2,1-2H3;1H/q+1;/p-1. The minimum Gasteiger partial charge on any atom is -1.00 e. The maximum atomic E-state index is 2.48. The first-order chi connectivity index (χ1) is 13.3. The lowest BCUT2D eigenvalue weighted by molar-refractivity contribution is -0.670. The highest BCUT2D eigenvalue weighted by molar-refractivity contribution is 7.98. The first-order valence-corrected chi connectivity index (χ1v) is 11.9. The van der Waals surface area contributed by atoms with Gasteiger partial charge < -0.3 is 28.9 Å². The second kappa shape index (κ2) is 12.7. The van der Waals surface area contributed by atoms with Crippen LogP contribution in [0.2, 0.25) is 0 Å². The van der Waals surface area contributed by atoms with Crippen LogP contribution in [0.5, 0.6) is 0 Å². The molecule has 4 heteroatoms. The maximum Gasteiger partial charge on any atom is 0.192 e. The molecule has 1 saturated carbocycles. The number of nitrogens with zero attached hydrogens (tertiary/aromatic N) is 2. The Morgan fingerprint density at radius 1 is 0.964 bits per heavy atom. The number of unbranched alkanes of at least 4 members (excludes halogenated alkanes) is 2. The van der Waals surface area contributed by atoms with Gasteiger partial charge in [-0.15, -0.1) is 11.8 Å². The second-order valence-corrected chi connectivity index (χ2v) is 8.81. The van der Waals surface area contributed by atoms with E-state index in [4.69, 9.17) is 0 Å². The lowest BCUT2D eigenvalue weighted by Gasteiger charge is -2.24. The van der Waals surface area contributed by atoms with E-state index in [1.807, 2.05) is 0 Å². The predicted molar refractivity (Wildman–Crippen MR) is 118 cm³/mol. The maximum absolute atomic E-state index is 2.48. The molecule has 1 aromatic heterocycles. The van der Waals surface area contributed by atoms with Gasteiger partial charge >= 0.3 is 0 Å². The summed E-state index contributed by atoms with van der Waals surface area (Å²) in [6, 6.07) is 13.4. The molecule has 0 bridgehead atoms. The van der Waals surface area contributed by atoms with E-state index in [2.05, 4.69) is 71.6 Å². The molecular formula is C24H35IN2S. The number of rotatable bonds is 9. The number of thioether (sulfide) groups is 1. The summed E-state index contributed by atoms with van der Waals surface area (Å²) >= 11 is 1.80. The van der Waals surface area contributed by atoms with Gasteiger partial charge in [0.05, 0.1) is 0 Å². The van der Waals surface area contributed by atoms with E-state index in [0.29, 0.717) is 0 Å². The van der Waals surface area contributed by atoms with E-state index in [1.54, 1.807) is 11.8 Å². The minimum absolute atomic E-state index is 0. The Bertz CT molecular complexity index is 683. The van der Waals surface area contributed by atoms with E-state index >= 15 is 0 Å². The fourth-order valence-corrected chi connectivity index (χ4v) is 4.66. The van der Waals surface area contributed by atoms with Gasteiger partial charge in [-0.05, 0) is 48.9 Å². The largest absolute Gasteiger partial charge is 1.00 e. The van der Waals surface area contributed by atoms with Gasteiger partial charge in [-0.2, -0.15) is 0 Å². The SMILES string of the molecule is CSc1ccc(N(CCCCCC2CCCCC2)c2ccc[n+](C)c2)cc1.[I-]. The van der Waals surface area contributed by atoms with Gasteiger partial charge in [0.1, 0.15) is 12.7 Å². The van der Waals surface area contributed by atoms with Crippen molar-refractivity contribution in [1.29, 1.82) is 0 Å². The van der Waals surface area contributed by atoms with E-state index in [9.17, 15) is 0 Å². The van der Waals surface area contributed by atoms with Crippen LogP contribution < -0.4 is 33.4 Å². The van der Waals surface area contributed by atoms with Crippen LogP contribution in [0, 0.1) is 5.92 Å². The van der Waals surface area contributed by atoms with E-state index in [0.717, 1.165) is 12.5 Å². The normalized spacial score (nSPS) is 14.5. The Balaban J connectivity index is 0.00000280. The Hall–Kier alpha value is -0.750. The summed E-state index contributed by atoms with van der Waals surface area (Å²) in [4.78, 5) is 3.80. The Morgan fingerprint density at radius 2 is 1.71 bits per heavy atom. The van der Waals surface area contributed by atoms with Gasteiger partial charge in [-0.1, -0.05) is 51.4 Å². The number of anilines is 2. The van der Waals surface area contributed by atoms with Gasteiger partial charge in [-0.3, -0.25) is 0 Å². The zero-order chi connectivity index (χ0) is 18.9. The van der Waals surface area contributed by atoms with E-state index in [-0.39, 0.29) is 24.0 Å². The Labute approximate surface area is 193 Å². The molecule has 1 fully saturated rings. The molecule has 0 unspecified atom stereocenters. The van der Waals surface area contributed by atoms with Crippen molar-refractivity contribution in [2.45, 2.75) is 62.7 Å². The molecule has 0 amide bonds. The van der Waals surface area contributed by atoms with Crippen molar-refractivity contribution in [1.82, 2.24) is 0 Å². The molecular weight excluding hydrogens is 475 g/mol. The monoisotopic (exact) mass is 510 g/mol. The van der Waals surface area contributed by atoms with Gasteiger partial charge in [0.25, 0.3) is 0 Å². The third-order valence-corrected chi connectivity index (χ3v) is 6.58. The number of hydrogen-bond donors (Lipinski definition) is 0. The molecule has 3 rings (SSSR count). The average molecular weight is 511 g/mol. The fraction of sp³-hybridized carbons (Fsp3) is 0.542. The Kier molecular flexibility index (Phi) is 10.7. The molecule has 0 spiro atoms. The molecule has 0 atom stereocenters. The quantitative estimate of drug-likeness (QED) is 0.221. The van der Waals surface area contributed by atoms with Crippen LogP contribution in [0.15, 0.2) is 53.7 Å². The third kappa shape index (κ3) is 7.25. The van der Waals surface area contributed by atoms with Gasteiger partial charge in [0.15, 0.2) is 12.4 Å². The summed E-state index contributed by atoms with van der Waals surface area (Å²) < 4.78 is 2.14. The van der Waals surface area contributed by atoms with Crippen LogP contribution in [-0.4, -0.2) is 12.8 Å². The molecule has 1 aliphatic carbocycles. The summed E-state index contributed by atoms with van der Waals surface area (Å²) in [5.41, 5.74) is 2.58. The molecule has 1 aromatic carbocycles. The zero-order valence-electron chi connectivity index (χ0n) is 17.4. The smallest absolute Gasteiger partial charge is 0.192 e. The van der Waals surface area contributed by atoms with Crippen LogP contribution in [0.4, 0.5) is 11.4 Å². The first kappa shape index (κ1) is 23.5. The summed E-state index contributed by atoms with van der Waals surface area (Å²) in [5, 5.41) is 0. The summed E-state index contributed by atoms with van der Waals surface area (Å²) in [5.74, 6) is 1.02. The molecule has 1 heterocycles. The predicted octanol–water partition coefficient (Wildman–Crippen LogP) is 3.52. The van der Waals surface area contributed by atoms with E-state index in [1.165, 1.54) is 74.1 Å². The van der Waals surface area contributed by atoms with Crippen LogP contribution in [0.25, 0.3) is 0 Å². The fourth-order valence-electron chi connectivity index (χ4n) is 4.26. The number of hydrogen-bond acceptors (Lipinski definition) is 2. The number of benzene rings is 1.